The molecule has 0 bridgehead atoms. The molecule has 2 heterocycles. The molecule has 1 aromatic carbocycles. The first-order chi connectivity index (χ1) is 12.1. The van der Waals surface area contributed by atoms with Crippen LogP contribution in [0.2, 0.25) is 5.02 Å². The van der Waals surface area contributed by atoms with E-state index in [0.717, 1.165) is 18.4 Å². The maximum Gasteiger partial charge on any atom is 0.276 e. The monoisotopic (exact) mass is 359 g/mol. The first kappa shape index (κ1) is 17.2. The van der Waals surface area contributed by atoms with Crippen molar-refractivity contribution in [2.75, 3.05) is 13.1 Å². The standard InChI is InChI=1S/C18H18ClN3O3/c1-2-17(23)20-14-4-3-9-22(11-14)18(24)15-10-16(25-21-15)12-5-7-13(19)8-6-12/h2,5-8,10,14H,1,3-4,9,11H2,(H,20,23)/t14-/m1/s1. The lowest BCUT2D eigenvalue weighted by Gasteiger charge is -2.32. The Bertz CT molecular complexity index is 785. The van der Waals surface area contributed by atoms with E-state index in [4.69, 9.17) is 16.1 Å². The molecule has 1 N–H and O–H groups in total. The summed E-state index contributed by atoms with van der Waals surface area (Å²) in [5.41, 5.74) is 1.05. The highest BCUT2D eigenvalue weighted by atomic mass is 35.5. The zero-order chi connectivity index (χ0) is 17.8. The van der Waals surface area contributed by atoms with Gasteiger partial charge in [0, 0.05) is 35.8 Å². The number of hydrogen-bond donors (Lipinski definition) is 1. The van der Waals surface area contributed by atoms with Gasteiger partial charge in [-0.05, 0) is 43.2 Å². The Morgan fingerprint density at radius 2 is 2.12 bits per heavy atom. The lowest BCUT2D eigenvalue weighted by atomic mass is 10.0. The predicted molar refractivity (Wildman–Crippen MR) is 94.2 cm³/mol. The number of carbonyl (C=O) groups is 2. The average molecular weight is 360 g/mol. The number of nitrogens with zero attached hydrogens (tertiary/aromatic N) is 2. The molecular weight excluding hydrogens is 342 g/mol. The van der Waals surface area contributed by atoms with Gasteiger partial charge in [-0.1, -0.05) is 23.3 Å². The summed E-state index contributed by atoms with van der Waals surface area (Å²) in [5.74, 6) is 0.0702. The summed E-state index contributed by atoms with van der Waals surface area (Å²) in [7, 11) is 0. The van der Waals surface area contributed by atoms with Gasteiger partial charge in [-0.2, -0.15) is 0 Å². The molecule has 2 amide bonds. The summed E-state index contributed by atoms with van der Waals surface area (Å²) >= 11 is 5.87. The van der Waals surface area contributed by atoms with Gasteiger partial charge in [0.05, 0.1) is 0 Å². The van der Waals surface area contributed by atoms with Crippen LogP contribution in [0.3, 0.4) is 0 Å². The Morgan fingerprint density at radius 3 is 2.84 bits per heavy atom. The molecule has 1 atom stereocenters. The highest BCUT2D eigenvalue weighted by Crippen LogP contribution is 2.23. The number of amides is 2. The van der Waals surface area contributed by atoms with Gasteiger partial charge >= 0.3 is 0 Å². The van der Waals surface area contributed by atoms with Gasteiger partial charge in [-0.15, -0.1) is 0 Å². The van der Waals surface area contributed by atoms with E-state index >= 15 is 0 Å². The van der Waals surface area contributed by atoms with Crippen molar-refractivity contribution in [1.82, 2.24) is 15.4 Å². The van der Waals surface area contributed by atoms with Crippen molar-refractivity contribution in [2.24, 2.45) is 0 Å². The van der Waals surface area contributed by atoms with Crippen LogP contribution >= 0.6 is 11.6 Å². The van der Waals surface area contributed by atoms with Crippen LogP contribution in [0.15, 0.2) is 47.5 Å². The van der Waals surface area contributed by atoms with Gasteiger partial charge in [0.2, 0.25) is 5.91 Å². The molecule has 0 aliphatic carbocycles. The van der Waals surface area contributed by atoms with Crippen molar-refractivity contribution in [3.8, 4) is 11.3 Å². The van der Waals surface area contributed by atoms with Crippen molar-refractivity contribution in [3.05, 3.63) is 53.7 Å². The minimum atomic E-state index is -0.231. The molecule has 1 aromatic heterocycles. The molecule has 0 unspecified atom stereocenters. The quantitative estimate of drug-likeness (QED) is 0.852. The van der Waals surface area contributed by atoms with Crippen LogP contribution in [-0.4, -0.2) is 41.0 Å². The van der Waals surface area contributed by atoms with Crippen LogP contribution in [0.25, 0.3) is 11.3 Å². The maximum absolute atomic E-state index is 12.6. The van der Waals surface area contributed by atoms with Crippen LogP contribution < -0.4 is 5.32 Å². The lowest BCUT2D eigenvalue weighted by Crippen LogP contribution is -2.49. The fourth-order valence-electron chi connectivity index (χ4n) is 2.83. The molecule has 1 saturated heterocycles. The van der Waals surface area contributed by atoms with Crippen molar-refractivity contribution in [2.45, 2.75) is 18.9 Å². The number of likely N-dealkylation sites (tertiary alicyclic amines) is 1. The van der Waals surface area contributed by atoms with E-state index in [-0.39, 0.29) is 23.6 Å². The van der Waals surface area contributed by atoms with E-state index in [9.17, 15) is 9.59 Å². The first-order valence-electron chi connectivity index (χ1n) is 8.01. The topological polar surface area (TPSA) is 75.4 Å². The van der Waals surface area contributed by atoms with Crippen LogP contribution in [0.4, 0.5) is 0 Å². The van der Waals surface area contributed by atoms with E-state index in [2.05, 4.69) is 17.1 Å². The highest BCUT2D eigenvalue weighted by molar-refractivity contribution is 6.30. The Kier molecular flexibility index (Phi) is 5.19. The fraction of sp³-hybridized carbons (Fsp3) is 0.278. The SMILES string of the molecule is C=CC(=O)N[C@@H]1CCCN(C(=O)c2cc(-c3ccc(Cl)cc3)on2)C1. The molecule has 6 nitrogen and oxygen atoms in total. The predicted octanol–water partition coefficient (Wildman–Crippen LogP) is 2.90. The van der Waals surface area contributed by atoms with Crippen LogP contribution in [0.1, 0.15) is 23.3 Å². The van der Waals surface area contributed by atoms with Crippen molar-refractivity contribution in [3.63, 3.8) is 0 Å². The molecule has 130 valence electrons. The van der Waals surface area contributed by atoms with Gasteiger partial charge in [0.1, 0.15) is 0 Å². The first-order valence-corrected chi connectivity index (χ1v) is 8.39. The summed E-state index contributed by atoms with van der Waals surface area (Å²) in [6.45, 7) is 4.51. The van der Waals surface area contributed by atoms with Crippen LogP contribution in [0.5, 0.6) is 0 Å². The summed E-state index contributed by atoms with van der Waals surface area (Å²) in [5, 5.41) is 7.35. The molecule has 7 heteroatoms. The minimum Gasteiger partial charge on any atom is -0.355 e. The van der Waals surface area contributed by atoms with Crippen LogP contribution in [-0.2, 0) is 4.79 Å². The highest BCUT2D eigenvalue weighted by Gasteiger charge is 2.27. The number of aromatic nitrogens is 1. The van der Waals surface area contributed by atoms with Gasteiger partial charge < -0.3 is 14.7 Å². The number of rotatable bonds is 4. The Balaban J connectivity index is 1.69. The molecule has 0 saturated carbocycles. The second-order valence-corrected chi connectivity index (χ2v) is 6.32. The third-order valence-corrected chi connectivity index (χ3v) is 4.35. The summed E-state index contributed by atoms with van der Waals surface area (Å²) in [4.78, 5) is 25.8. The molecule has 1 aliphatic rings. The van der Waals surface area contributed by atoms with Gasteiger partial charge in [-0.25, -0.2) is 0 Å². The lowest BCUT2D eigenvalue weighted by molar-refractivity contribution is -0.117. The largest absolute Gasteiger partial charge is 0.355 e. The van der Waals surface area contributed by atoms with E-state index in [1.165, 1.54) is 6.08 Å². The zero-order valence-corrected chi connectivity index (χ0v) is 14.3. The zero-order valence-electron chi connectivity index (χ0n) is 13.6. The van der Waals surface area contributed by atoms with E-state index in [1.807, 2.05) is 0 Å². The molecule has 25 heavy (non-hydrogen) atoms. The normalized spacial score (nSPS) is 17.2. The number of benzene rings is 1. The molecular formula is C18H18ClN3O3. The van der Waals surface area contributed by atoms with Gasteiger partial charge in [-0.3, -0.25) is 9.59 Å². The minimum absolute atomic E-state index is 0.0779. The third-order valence-electron chi connectivity index (χ3n) is 4.10. The summed E-state index contributed by atoms with van der Waals surface area (Å²) in [6.07, 6.45) is 2.88. The van der Waals surface area contributed by atoms with Crippen molar-refractivity contribution < 1.29 is 14.1 Å². The van der Waals surface area contributed by atoms with E-state index in [0.29, 0.717) is 23.9 Å². The number of nitrogens with one attached hydrogen (secondary N) is 1. The van der Waals surface area contributed by atoms with Gasteiger partial charge in [0.15, 0.2) is 11.5 Å². The maximum atomic E-state index is 12.6. The van der Waals surface area contributed by atoms with Crippen LogP contribution in [0, 0.1) is 0 Å². The smallest absolute Gasteiger partial charge is 0.276 e. The van der Waals surface area contributed by atoms with Crippen molar-refractivity contribution >= 4 is 23.4 Å². The molecule has 2 aromatic rings. The van der Waals surface area contributed by atoms with Crippen molar-refractivity contribution in [1.29, 1.82) is 0 Å². The Hall–Kier alpha value is -2.60. The average Bonchev–Trinajstić information content (AvgIpc) is 3.12. The van der Waals surface area contributed by atoms with E-state index in [1.54, 1.807) is 35.2 Å². The molecule has 3 rings (SSSR count). The Labute approximate surface area is 150 Å². The summed E-state index contributed by atoms with van der Waals surface area (Å²) in [6, 6.07) is 8.65. The molecule has 1 fully saturated rings. The molecule has 0 radical (unpaired) electrons. The van der Waals surface area contributed by atoms with E-state index < -0.39 is 0 Å². The second kappa shape index (κ2) is 7.53. The third kappa shape index (κ3) is 4.09. The number of hydrogen-bond acceptors (Lipinski definition) is 4. The number of piperidine rings is 1. The Morgan fingerprint density at radius 1 is 1.36 bits per heavy atom. The molecule has 0 spiro atoms. The summed E-state index contributed by atoms with van der Waals surface area (Å²) < 4.78 is 5.29. The fourth-order valence-corrected chi connectivity index (χ4v) is 2.95. The second-order valence-electron chi connectivity index (χ2n) is 5.89. The molecule has 1 aliphatic heterocycles. The number of halogens is 1. The van der Waals surface area contributed by atoms with Gasteiger partial charge in [0.25, 0.3) is 5.91 Å². The number of carbonyl (C=O) groups excluding carboxylic acids is 2.